The Bertz CT molecular complexity index is 784. The quantitative estimate of drug-likeness (QED) is 0.867. The molecule has 118 valence electrons. The minimum Gasteiger partial charge on any atom is -0.236 e. The van der Waals surface area contributed by atoms with Crippen LogP contribution >= 0.6 is 11.6 Å². The Kier molecular flexibility index (Phi) is 4.39. The molecule has 0 spiro atoms. The number of nitrogens with one attached hydrogen (secondary N) is 1. The van der Waals surface area contributed by atoms with Gasteiger partial charge in [-0.3, -0.25) is 0 Å². The summed E-state index contributed by atoms with van der Waals surface area (Å²) in [6.45, 7) is 2.21. The first-order valence-electron chi connectivity index (χ1n) is 7.53. The van der Waals surface area contributed by atoms with E-state index >= 15 is 0 Å². The van der Waals surface area contributed by atoms with Crippen LogP contribution in [0.3, 0.4) is 0 Å². The van der Waals surface area contributed by atoms with Crippen molar-refractivity contribution in [3.63, 3.8) is 0 Å². The highest BCUT2D eigenvalue weighted by Crippen LogP contribution is 2.25. The summed E-state index contributed by atoms with van der Waals surface area (Å²) in [5, 5.41) is 1.17. The molecule has 2 aromatic rings. The van der Waals surface area contributed by atoms with Crippen molar-refractivity contribution in [1.82, 2.24) is 9.71 Å². The van der Waals surface area contributed by atoms with E-state index in [2.05, 4.69) is 16.6 Å². The third-order valence-electron chi connectivity index (χ3n) is 4.27. The number of hydrogen-bond donors (Lipinski definition) is 1. The summed E-state index contributed by atoms with van der Waals surface area (Å²) >= 11 is 5.85. The van der Waals surface area contributed by atoms with Gasteiger partial charge in [-0.1, -0.05) is 18.5 Å². The molecule has 0 amide bonds. The molecule has 0 aliphatic heterocycles. The van der Waals surface area contributed by atoms with Crippen molar-refractivity contribution in [3.05, 3.63) is 35.5 Å². The first kappa shape index (κ1) is 15.7. The van der Waals surface area contributed by atoms with Gasteiger partial charge in [-0.15, -0.1) is 0 Å². The van der Waals surface area contributed by atoms with Gasteiger partial charge in [0.1, 0.15) is 5.15 Å². The first-order chi connectivity index (χ1) is 10.4. The van der Waals surface area contributed by atoms with Crippen LogP contribution in [0.25, 0.3) is 10.9 Å². The van der Waals surface area contributed by atoms with Crippen LogP contribution < -0.4 is 4.72 Å². The number of halogens is 1. The van der Waals surface area contributed by atoms with Gasteiger partial charge in [0.25, 0.3) is 0 Å². The predicted molar refractivity (Wildman–Crippen MR) is 88.5 cm³/mol. The van der Waals surface area contributed by atoms with Crippen LogP contribution in [0.4, 0.5) is 0 Å². The van der Waals surface area contributed by atoms with Crippen LogP contribution in [0.15, 0.2) is 35.2 Å². The molecular weight excluding hydrogens is 320 g/mol. The molecule has 1 aliphatic carbocycles. The fourth-order valence-electron chi connectivity index (χ4n) is 2.91. The maximum Gasteiger partial charge on any atom is 0.240 e. The Morgan fingerprint density at radius 1 is 1.14 bits per heavy atom. The van der Waals surface area contributed by atoms with Crippen molar-refractivity contribution in [1.29, 1.82) is 0 Å². The first-order valence-corrected chi connectivity index (χ1v) is 9.39. The number of nitrogens with zero attached hydrogens (tertiary/aromatic N) is 1. The second-order valence-corrected chi connectivity index (χ2v) is 8.17. The van der Waals surface area contributed by atoms with Crippen molar-refractivity contribution in [3.8, 4) is 0 Å². The van der Waals surface area contributed by atoms with Crippen molar-refractivity contribution in [2.24, 2.45) is 5.92 Å². The standard InChI is InChI=1S/C16H19ClN2O2S/c1-11-2-5-13(6-3-11)19-22(20,21)14-7-8-15-12(10-14)4-9-16(17)18-15/h4,7-11,13,19H,2-3,5-6H2,1H3. The van der Waals surface area contributed by atoms with Crippen LogP contribution in [-0.2, 0) is 10.0 Å². The largest absolute Gasteiger partial charge is 0.240 e. The summed E-state index contributed by atoms with van der Waals surface area (Å²) in [4.78, 5) is 4.45. The molecule has 1 aromatic heterocycles. The summed E-state index contributed by atoms with van der Waals surface area (Å²) in [5.41, 5.74) is 0.693. The van der Waals surface area contributed by atoms with Crippen LogP contribution in [0, 0.1) is 5.92 Å². The zero-order valence-electron chi connectivity index (χ0n) is 12.4. The minimum atomic E-state index is -3.49. The molecule has 0 saturated heterocycles. The van der Waals surface area contributed by atoms with E-state index in [0.29, 0.717) is 16.6 Å². The molecular formula is C16H19ClN2O2S. The average Bonchev–Trinajstić information content (AvgIpc) is 2.49. The Hall–Kier alpha value is -1.17. The smallest absolute Gasteiger partial charge is 0.236 e. The van der Waals surface area contributed by atoms with Gasteiger partial charge in [-0.25, -0.2) is 18.1 Å². The highest BCUT2D eigenvalue weighted by Gasteiger charge is 2.24. The molecule has 0 radical (unpaired) electrons. The number of rotatable bonds is 3. The number of pyridine rings is 1. The normalized spacial score (nSPS) is 22.8. The van der Waals surface area contributed by atoms with Crippen LogP contribution in [0.1, 0.15) is 32.6 Å². The molecule has 1 N–H and O–H groups in total. The summed E-state index contributed by atoms with van der Waals surface area (Å²) in [6, 6.07) is 8.41. The molecule has 0 unspecified atom stereocenters. The average molecular weight is 339 g/mol. The van der Waals surface area contributed by atoms with Gasteiger partial charge < -0.3 is 0 Å². The van der Waals surface area contributed by atoms with Crippen molar-refractivity contribution < 1.29 is 8.42 Å². The molecule has 22 heavy (non-hydrogen) atoms. The van der Waals surface area contributed by atoms with E-state index in [-0.39, 0.29) is 10.9 Å². The second-order valence-electron chi connectivity index (χ2n) is 6.07. The Balaban J connectivity index is 1.84. The highest BCUT2D eigenvalue weighted by atomic mass is 35.5. The Morgan fingerprint density at radius 2 is 1.86 bits per heavy atom. The summed E-state index contributed by atoms with van der Waals surface area (Å²) < 4.78 is 27.9. The lowest BCUT2D eigenvalue weighted by molar-refractivity contribution is 0.332. The molecule has 1 aromatic carbocycles. The summed E-state index contributed by atoms with van der Waals surface area (Å²) in [7, 11) is -3.49. The van der Waals surface area contributed by atoms with Gasteiger partial charge in [0.15, 0.2) is 0 Å². The van der Waals surface area contributed by atoms with E-state index in [1.807, 2.05) is 0 Å². The Labute approximate surface area is 135 Å². The van der Waals surface area contributed by atoms with Crippen molar-refractivity contribution in [2.45, 2.75) is 43.5 Å². The lowest BCUT2D eigenvalue weighted by Crippen LogP contribution is -2.37. The van der Waals surface area contributed by atoms with Crippen LogP contribution in [0.5, 0.6) is 0 Å². The van der Waals surface area contributed by atoms with Crippen LogP contribution in [0.2, 0.25) is 5.15 Å². The van der Waals surface area contributed by atoms with Gasteiger partial charge >= 0.3 is 0 Å². The Morgan fingerprint density at radius 3 is 2.59 bits per heavy atom. The lowest BCUT2D eigenvalue weighted by atomic mass is 9.88. The van der Waals surface area contributed by atoms with Crippen molar-refractivity contribution in [2.75, 3.05) is 0 Å². The predicted octanol–water partition coefficient (Wildman–Crippen LogP) is 3.75. The number of fused-ring (bicyclic) bond motifs is 1. The molecule has 0 atom stereocenters. The van der Waals surface area contributed by atoms with Gasteiger partial charge in [0.2, 0.25) is 10.0 Å². The number of benzene rings is 1. The topological polar surface area (TPSA) is 59.1 Å². The van der Waals surface area contributed by atoms with Gasteiger partial charge in [0, 0.05) is 11.4 Å². The van der Waals surface area contributed by atoms with E-state index in [1.165, 1.54) is 0 Å². The van der Waals surface area contributed by atoms with E-state index in [1.54, 1.807) is 30.3 Å². The van der Waals surface area contributed by atoms with Crippen LogP contribution in [-0.4, -0.2) is 19.4 Å². The fourth-order valence-corrected chi connectivity index (χ4v) is 4.41. The summed E-state index contributed by atoms with van der Waals surface area (Å²) in [6.07, 6.45) is 3.97. The second kappa shape index (κ2) is 6.14. The third-order valence-corrected chi connectivity index (χ3v) is 6.00. The third kappa shape index (κ3) is 3.42. The zero-order chi connectivity index (χ0) is 15.7. The van der Waals surface area contributed by atoms with E-state index in [4.69, 9.17) is 11.6 Å². The van der Waals surface area contributed by atoms with E-state index in [0.717, 1.165) is 31.1 Å². The van der Waals surface area contributed by atoms with E-state index in [9.17, 15) is 8.42 Å². The fraction of sp³-hybridized carbons (Fsp3) is 0.438. The lowest BCUT2D eigenvalue weighted by Gasteiger charge is -2.26. The minimum absolute atomic E-state index is 0.0419. The molecule has 0 bridgehead atoms. The molecule has 1 fully saturated rings. The summed E-state index contributed by atoms with van der Waals surface area (Å²) in [5.74, 6) is 0.692. The maximum absolute atomic E-state index is 12.5. The SMILES string of the molecule is CC1CCC(NS(=O)(=O)c2ccc3nc(Cl)ccc3c2)CC1. The van der Waals surface area contributed by atoms with Crippen molar-refractivity contribution >= 4 is 32.5 Å². The molecule has 4 nitrogen and oxygen atoms in total. The molecule has 3 rings (SSSR count). The van der Waals surface area contributed by atoms with Gasteiger partial charge in [-0.2, -0.15) is 0 Å². The highest BCUT2D eigenvalue weighted by molar-refractivity contribution is 7.89. The number of sulfonamides is 1. The molecule has 1 aliphatic rings. The molecule has 1 heterocycles. The maximum atomic E-state index is 12.5. The zero-order valence-corrected chi connectivity index (χ0v) is 14.0. The van der Waals surface area contributed by atoms with Gasteiger partial charge in [0.05, 0.1) is 10.4 Å². The molecule has 1 saturated carbocycles. The van der Waals surface area contributed by atoms with Gasteiger partial charge in [-0.05, 0) is 61.9 Å². The molecule has 6 heteroatoms. The monoisotopic (exact) mass is 338 g/mol. The number of aromatic nitrogens is 1. The van der Waals surface area contributed by atoms with E-state index < -0.39 is 10.0 Å². The number of hydrogen-bond acceptors (Lipinski definition) is 3.